The third kappa shape index (κ3) is 1.25. The minimum Gasteiger partial charge on any atom is -0.329 e. The highest BCUT2D eigenvalue weighted by Crippen LogP contribution is 2.42. The van der Waals surface area contributed by atoms with E-state index in [1.807, 2.05) is 0 Å². The first-order valence-corrected chi connectivity index (χ1v) is 5.20. The van der Waals surface area contributed by atoms with Gasteiger partial charge in [-0.05, 0) is 18.8 Å². The van der Waals surface area contributed by atoms with Gasteiger partial charge in [-0.25, -0.2) is 0 Å². The molecule has 2 atom stereocenters. The predicted molar refractivity (Wildman–Crippen MR) is 51.2 cm³/mol. The van der Waals surface area contributed by atoms with Crippen LogP contribution in [0.15, 0.2) is 0 Å². The SMILES string of the molecule is CC1CC2C(=O)N(CCN)C(=O)C2C1. The van der Waals surface area contributed by atoms with Crippen molar-refractivity contribution in [2.75, 3.05) is 13.1 Å². The van der Waals surface area contributed by atoms with Crippen molar-refractivity contribution in [1.29, 1.82) is 0 Å². The lowest BCUT2D eigenvalue weighted by Crippen LogP contribution is -2.36. The summed E-state index contributed by atoms with van der Waals surface area (Å²) in [5.74, 6) is 0.454. The fourth-order valence-electron chi connectivity index (χ4n) is 2.70. The van der Waals surface area contributed by atoms with Crippen molar-refractivity contribution in [3.63, 3.8) is 0 Å². The summed E-state index contributed by atoms with van der Waals surface area (Å²) in [7, 11) is 0. The Morgan fingerprint density at radius 3 is 2.21 bits per heavy atom. The van der Waals surface area contributed by atoms with Crippen LogP contribution in [0.25, 0.3) is 0 Å². The largest absolute Gasteiger partial charge is 0.329 e. The van der Waals surface area contributed by atoms with E-state index < -0.39 is 0 Å². The molecule has 0 radical (unpaired) electrons. The first-order valence-electron chi connectivity index (χ1n) is 5.20. The Morgan fingerprint density at radius 2 is 1.79 bits per heavy atom. The van der Waals surface area contributed by atoms with Gasteiger partial charge in [0, 0.05) is 13.1 Å². The van der Waals surface area contributed by atoms with Gasteiger partial charge in [-0.1, -0.05) is 6.92 Å². The van der Waals surface area contributed by atoms with Crippen LogP contribution >= 0.6 is 0 Å². The Morgan fingerprint density at radius 1 is 1.29 bits per heavy atom. The smallest absolute Gasteiger partial charge is 0.233 e. The zero-order valence-electron chi connectivity index (χ0n) is 8.40. The fourth-order valence-corrected chi connectivity index (χ4v) is 2.70. The quantitative estimate of drug-likeness (QED) is 0.631. The molecule has 2 rings (SSSR count). The molecule has 0 aromatic carbocycles. The lowest BCUT2D eigenvalue weighted by molar-refractivity contribution is -0.140. The second kappa shape index (κ2) is 3.35. The van der Waals surface area contributed by atoms with E-state index in [1.54, 1.807) is 0 Å². The first-order chi connectivity index (χ1) is 6.65. The van der Waals surface area contributed by atoms with Gasteiger partial charge < -0.3 is 5.73 Å². The lowest BCUT2D eigenvalue weighted by Gasteiger charge is -2.15. The molecule has 1 aliphatic heterocycles. The molecule has 1 aliphatic carbocycles. The maximum absolute atomic E-state index is 11.8. The second-order valence-electron chi connectivity index (χ2n) is 4.41. The van der Waals surface area contributed by atoms with E-state index in [0.717, 1.165) is 12.8 Å². The van der Waals surface area contributed by atoms with Crippen molar-refractivity contribution >= 4 is 11.8 Å². The van der Waals surface area contributed by atoms with Crippen LogP contribution < -0.4 is 5.73 Å². The van der Waals surface area contributed by atoms with E-state index >= 15 is 0 Å². The molecule has 78 valence electrons. The van der Waals surface area contributed by atoms with Crippen molar-refractivity contribution < 1.29 is 9.59 Å². The molecule has 0 aromatic rings. The Bertz CT molecular complexity index is 253. The maximum atomic E-state index is 11.8. The van der Waals surface area contributed by atoms with Crippen LogP contribution in [0, 0.1) is 17.8 Å². The third-order valence-corrected chi connectivity index (χ3v) is 3.32. The molecule has 0 aromatic heterocycles. The third-order valence-electron chi connectivity index (χ3n) is 3.32. The average molecular weight is 196 g/mol. The highest BCUT2D eigenvalue weighted by Gasteiger charge is 2.51. The monoisotopic (exact) mass is 196 g/mol. The number of fused-ring (bicyclic) bond motifs is 1. The van der Waals surface area contributed by atoms with Gasteiger partial charge in [0.15, 0.2) is 0 Å². The zero-order chi connectivity index (χ0) is 10.3. The van der Waals surface area contributed by atoms with Crippen LogP contribution in [-0.2, 0) is 9.59 Å². The van der Waals surface area contributed by atoms with Crippen LogP contribution in [0.3, 0.4) is 0 Å². The van der Waals surface area contributed by atoms with Gasteiger partial charge >= 0.3 is 0 Å². The highest BCUT2D eigenvalue weighted by atomic mass is 16.2. The van der Waals surface area contributed by atoms with Crippen LogP contribution in [0.1, 0.15) is 19.8 Å². The molecule has 0 bridgehead atoms. The van der Waals surface area contributed by atoms with Gasteiger partial charge in [0.25, 0.3) is 0 Å². The molecular formula is C10H16N2O2. The van der Waals surface area contributed by atoms with E-state index in [0.29, 0.717) is 19.0 Å². The molecular weight excluding hydrogens is 180 g/mol. The van der Waals surface area contributed by atoms with Crippen LogP contribution in [0.2, 0.25) is 0 Å². The Hall–Kier alpha value is -0.900. The van der Waals surface area contributed by atoms with Crippen LogP contribution in [0.4, 0.5) is 0 Å². The number of carbonyl (C=O) groups excluding carboxylic acids is 2. The molecule has 2 N–H and O–H groups in total. The summed E-state index contributed by atoms with van der Waals surface area (Å²) in [6.07, 6.45) is 1.74. The fraction of sp³-hybridized carbons (Fsp3) is 0.800. The molecule has 0 spiro atoms. The lowest BCUT2D eigenvalue weighted by atomic mass is 10.00. The van der Waals surface area contributed by atoms with Crippen LogP contribution in [-0.4, -0.2) is 29.8 Å². The van der Waals surface area contributed by atoms with E-state index in [2.05, 4.69) is 6.92 Å². The number of carbonyl (C=O) groups is 2. The standard InChI is InChI=1S/C10H16N2O2/c1-6-4-7-8(5-6)10(14)12(3-2-11)9(7)13/h6-8H,2-5,11H2,1H3. The molecule has 1 saturated heterocycles. The molecule has 4 heteroatoms. The molecule has 1 saturated carbocycles. The van der Waals surface area contributed by atoms with E-state index in [1.165, 1.54) is 4.90 Å². The van der Waals surface area contributed by atoms with Gasteiger partial charge in [0.1, 0.15) is 0 Å². The van der Waals surface area contributed by atoms with E-state index in [-0.39, 0.29) is 23.7 Å². The molecule has 14 heavy (non-hydrogen) atoms. The minimum absolute atomic E-state index is 0.00907. The van der Waals surface area contributed by atoms with Crippen molar-refractivity contribution in [3.05, 3.63) is 0 Å². The molecule has 4 nitrogen and oxygen atoms in total. The van der Waals surface area contributed by atoms with Gasteiger partial charge in [0.2, 0.25) is 11.8 Å². The molecule has 2 aliphatic rings. The summed E-state index contributed by atoms with van der Waals surface area (Å²) in [5, 5.41) is 0. The van der Waals surface area contributed by atoms with Gasteiger partial charge in [-0.3, -0.25) is 14.5 Å². The summed E-state index contributed by atoms with van der Waals surface area (Å²) < 4.78 is 0. The minimum atomic E-state index is -0.0379. The Balaban J connectivity index is 2.15. The Labute approximate surface area is 83.4 Å². The van der Waals surface area contributed by atoms with Gasteiger partial charge in [0.05, 0.1) is 11.8 Å². The van der Waals surface area contributed by atoms with Crippen molar-refractivity contribution in [1.82, 2.24) is 4.90 Å². The first kappa shape index (κ1) is 9.65. The number of amides is 2. The van der Waals surface area contributed by atoms with Crippen molar-refractivity contribution in [2.24, 2.45) is 23.5 Å². The summed E-state index contributed by atoms with van der Waals surface area (Å²) >= 11 is 0. The number of imide groups is 1. The average Bonchev–Trinajstić information content (AvgIpc) is 2.61. The van der Waals surface area contributed by atoms with Crippen molar-refractivity contribution in [2.45, 2.75) is 19.8 Å². The highest BCUT2D eigenvalue weighted by molar-refractivity contribution is 6.05. The molecule has 1 heterocycles. The number of hydrogen-bond donors (Lipinski definition) is 1. The topological polar surface area (TPSA) is 63.4 Å². The summed E-state index contributed by atoms with van der Waals surface area (Å²) in [6.45, 7) is 2.86. The van der Waals surface area contributed by atoms with Crippen LogP contribution in [0.5, 0.6) is 0 Å². The van der Waals surface area contributed by atoms with E-state index in [4.69, 9.17) is 5.73 Å². The zero-order valence-corrected chi connectivity index (χ0v) is 8.40. The number of hydrogen-bond acceptors (Lipinski definition) is 3. The van der Waals surface area contributed by atoms with Crippen molar-refractivity contribution in [3.8, 4) is 0 Å². The molecule has 2 amide bonds. The summed E-state index contributed by atoms with van der Waals surface area (Å²) in [6, 6.07) is 0. The van der Waals surface area contributed by atoms with Gasteiger partial charge in [-0.2, -0.15) is 0 Å². The second-order valence-corrected chi connectivity index (χ2v) is 4.41. The van der Waals surface area contributed by atoms with Gasteiger partial charge in [-0.15, -0.1) is 0 Å². The maximum Gasteiger partial charge on any atom is 0.233 e. The number of likely N-dealkylation sites (tertiary alicyclic amines) is 1. The Kier molecular flexibility index (Phi) is 2.31. The molecule has 2 fully saturated rings. The normalized spacial score (nSPS) is 36.7. The summed E-state index contributed by atoms with van der Waals surface area (Å²) in [5.41, 5.74) is 5.36. The number of rotatable bonds is 2. The number of nitrogens with zero attached hydrogens (tertiary/aromatic N) is 1. The number of nitrogens with two attached hydrogens (primary N) is 1. The van der Waals surface area contributed by atoms with E-state index in [9.17, 15) is 9.59 Å². The molecule has 2 unspecified atom stereocenters. The summed E-state index contributed by atoms with van der Waals surface area (Å²) in [4.78, 5) is 24.9. The predicted octanol–water partition coefficient (Wildman–Crippen LogP) is -0.0238.